The quantitative estimate of drug-likeness (QED) is 0.553. The van der Waals surface area contributed by atoms with Gasteiger partial charge in [-0.1, -0.05) is 5.16 Å². The van der Waals surface area contributed by atoms with Gasteiger partial charge < -0.3 is 14.2 Å². The fourth-order valence-electron chi connectivity index (χ4n) is 2.18. The van der Waals surface area contributed by atoms with Crippen molar-refractivity contribution in [2.45, 2.75) is 39.1 Å². The van der Waals surface area contributed by atoms with Gasteiger partial charge in [0.25, 0.3) is 0 Å². The summed E-state index contributed by atoms with van der Waals surface area (Å²) in [6.07, 6.45) is -5.28. The molecule has 2 rings (SSSR count). The Morgan fingerprint density at radius 3 is 2.48 bits per heavy atom. The van der Waals surface area contributed by atoms with E-state index in [0.29, 0.717) is 6.54 Å². The maximum Gasteiger partial charge on any atom is 0.471 e. The van der Waals surface area contributed by atoms with E-state index in [0.717, 1.165) is 12.1 Å². The lowest BCUT2D eigenvalue weighted by Crippen LogP contribution is -2.35. The van der Waals surface area contributed by atoms with Crippen molar-refractivity contribution >= 4 is 5.97 Å². The maximum absolute atomic E-state index is 14.2. The summed E-state index contributed by atoms with van der Waals surface area (Å²) in [7, 11) is 1.87. The van der Waals surface area contributed by atoms with Crippen molar-refractivity contribution in [1.82, 2.24) is 15.0 Å². The summed E-state index contributed by atoms with van der Waals surface area (Å²) in [5.74, 6) is -3.80. The lowest BCUT2D eigenvalue weighted by atomic mass is 10.1. The van der Waals surface area contributed by atoms with Crippen molar-refractivity contribution in [3.05, 3.63) is 35.5 Å². The maximum atomic E-state index is 14.2. The first-order chi connectivity index (χ1) is 12.5. The van der Waals surface area contributed by atoms with Crippen molar-refractivity contribution in [2.75, 3.05) is 13.6 Å². The number of esters is 1. The predicted molar refractivity (Wildman–Crippen MR) is 87.3 cm³/mol. The summed E-state index contributed by atoms with van der Waals surface area (Å²) < 4.78 is 61.0. The van der Waals surface area contributed by atoms with Crippen LogP contribution in [0.15, 0.2) is 22.7 Å². The van der Waals surface area contributed by atoms with Crippen LogP contribution < -0.4 is 0 Å². The zero-order valence-corrected chi connectivity index (χ0v) is 15.2. The van der Waals surface area contributed by atoms with E-state index in [2.05, 4.69) is 14.7 Å². The van der Waals surface area contributed by atoms with Gasteiger partial charge in [0.1, 0.15) is 11.9 Å². The molecule has 0 spiro atoms. The number of hydrogen-bond donors (Lipinski definition) is 0. The number of carbonyl (C=O) groups is 1. The molecule has 0 fully saturated rings. The van der Waals surface area contributed by atoms with Crippen molar-refractivity contribution in [3.63, 3.8) is 0 Å². The molecule has 0 aliphatic rings. The Bertz CT molecular complexity index is 805. The Balaban J connectivity index is 2.12. The second kappa shape index (κ2) is 8.03. The van der Waals surface area contributed by atoms with E-state index in [4.69, 9.17) is 4.74 Å². The predicted octanol–water partition coefficient (Wildman–Crippen LogP) is 3.78. The third-order valence-electron chi connectivity index (χ3n) is 3.85. The van der Waals surface area contributed by atoms with Crippen molar-refractivity contribution < 1.29 is 31.6 Å². The number of carbonyl (C=O) groups excluding carboxylic acids is 1. The minimum Gasteiger partial charge on any atom is -0.458 e. The number of hydrogen-bond acceptors (Lipinski definition) is 6. The Morgan fingerprint density at radius 1 is 1.30 bits per heavy atom. The molecule has 27 heavy (non-hydrogen) atoms. The lowest BCUT2D eigenvalue weighted by molar-refractivity contribution is -0.159. The Kier molecular flexibility index (Phi) is 6.19. The molecular weight excluding hydrogens is 370 g/mol. The summed E-state index contributed by atoms with van der Waals surface area (Å²) in [6, 6.07) is 3.43. The van der Waals surface area contributed by atoms with Crippen molar-refractivity contribution in [2.24, 2.45) is 0 Å². The van der Waals surface area contributed by atoms with Gasteiger partial charge in [0, 0.05) is 18.2 Å². The number of ether oxygens (including phenoxy) is 1. The van der Waals surface area contributed by atoms with E-state index in [9.17, 15) is 22.4 Å². The minimum atomic E-state index is -4.80. The summed E-state index contributed by atoms with van der Waals surface area (Å²) in [5.41, 5.74) is -0.395. The zero-order chi connectivity index (χ0) is 20.4. The van der Waals surface area contributed by atoms with Gasteiger partial charge in [-0.15, -0.1) is 0 Å². The average molecular weight is 389 g/mol. The first kappa shape index (κ1) is 20.8. The Hall–Kier alpha value is -2.49. The monoisotopic (exact) mass is 389 g/mol. The molecule has 148 valence electrons. The van der Waals surface area contributed by atoms with Crippen LogP contribution in [0.1, 0.15) is 37.0 Å². The molecule has 0 N–H and O–H groups in total. The highest BCUT2D eigenvalue weighted by Gasteiger charge is 2.38. The van der Waals surface area contributed by atoms with Gasteiger partial charge in [0.15, 0.2) is 0 Å². The molecule has 1 aromatic carbocycles. The number of rotatable bonds is 6. The van der Waals surface area contributed by atoms with Crippen LogP contribution in [0, 0.1) is 5.82 Å². The van der Waals surface area contributed by atoms with Crippen LogP contribution in [-0.2, 0) is 10.9 Å². The molecule has 1 atom stereocenters. The van der Waals surface area contributed by atoms with E-state index in [1.165, 1.54) is 6.07 Å². The average Bonchev–Trinajstić information content (AvgIpc) is 3.04. The van der Waals surface area contributed by atoms with Crippen LogP contribution in [-0.4, -0.2) is 46.7 Å². The molecule has 0 unspecified atom stereocenters. The highest BCUT2D eigenvalue weighted by Crippen LogP contribution is 2.29. The van der Waals surface area contributed by atoms with Gasteiger partial charge in [-0.3, -0.25) is 0 Å². The van der Waals surface area contributed by atoms with E-state index >= 15 is 0 Å². The topological polar surface area (TPSA) is 68.5 Å². The number of halogens is 4. The van der Waals surface area contributed by atoms with E-state index in [-0.39, 0.29) is 17.2 Å². The van der Waals surface area contributed by atoms with Crippen LogP contribution in [0.25, 0.3) is 11.4 Å². The summed E-state index contributed by atoms with van der Waals surface area (Å²) in [6.45, 7) is 6.11. The summed E-state index contributed by atoms with van der Waals surface area (Å²) >= 11 is 0. The fraction of sp³-hybridized carbons (Fsp3) is 0.471. The molecule has 1 heterocycles. The van der Waals surface area contributed by atoms with Crippen LogP contribution in [0.4, 0.5) is 17.6 Å². The molecule has 2 aromatic rings. The Morgan fingerprint density at radius 2 is 1.96 bits per heavy atom. The number of benzene rings is 1. The lowest BCUT2D eigenvalue weighted by Gasteiger charge is -2.24. The molecule has 0 saturated carbocycles. The van der Waals surface area contributed by atoms with Crippen molar-refractivity contribution in [3.8, 4) is 11.4 Å². The fourth-order valence-corrected chi connectivity index (χ4v) is 2.18. The standard InChI is InChI=1S/C17H19F4N3O3/c1-9(2)24(4)8-10(3)26-15(25)12-6-5-11(7-13(12)18)14-22-16(27-23-14)17(19,20)21/h5-7,9-10H,8H2,1-4H3/t10-/m1/s1. The molecule has 0 aliphatic carbocycles. The molecular formula is C17H19F4N3O3. The van der Waals surface area contributed by atoms with Crippen LogP contribution in [0.2, 0.25) is 0 Å². The van der Waals surface area contributed by atoms with E-state index in [1.807, 2.05) is 25.8 Å². The van der Waals surface area contributed by atoms with Crippen LogP contribution in [0.3, 0.4) is 0 Å². The van der Waals surface area contributed by atoms with Crippen LogP contribution >= 0.6 is 0 Å². The molecule has 10 heteroatoms. The zero-order valence-electron chi connectivity index (χ0n) is 15.2. The molecule has 0 bridgehead atoms. The van der Waals surface area contributed by atoms with Gasteiger partial charge in [-0.25, -0.2) is 9.18 Å². The third kappa shape index (κ3) is 5.25. The summed E-state index contributed by atoms with van der Waals surface area (Å²) in [4.78, 5) is 17.3. The number of nitrogens with zero attached hydrogens (tertiary/aromatic N) is 3. The van der Waals surface area contributed by atoms with Crippen molar-refractivity contribution in [1.29, 1.82) is 0 Å². The number of likely N-dealkylation sites (N-methyl/N-ethyl adjacent to an activating group) is 1. The molecule has 6 nitrogen and oxygen atoms in total. The molecule has 0 radical (unpaired) electrons. The first-order valence-electron chi connectivity index (χ1n) is 8.11. The van der Waals surface area contributed by atoms with Gasteiger partial charge >= 0.3 is 18.0 Å². The largest absolute Gasteiger partial charge is 0.471 e. The first-order valence-corrected chi connectivity index (χ1v) is 8.11. The normalized spacial score (nSPS) is 13.3. The number of alkyl halides is 3. The molecule has 0 saturated heterocycles. The second-order valence-corrected chi connectivity index (χ2v) is 6.36. The smallest absolute Gasteiger partial charge is 0.458 e. The highest BCUT2D eigenvalue weighted by atomic mass is 19.4. The van der Waals surface area contributed by atoms with Gasteiger partial charge in [-0.2, -0.15) is 18.2 Å². The molecule has 0 amide bonds. The van der Waals surface area contributed by atoms with Gasteiger partial charge in [-0.05, 0) is 46.0 Å². The molecule has 0 aliphatic heterocycles. The second-order valence-electron chi connectivity index (χ2n) is 6.36. The van der Waals surface area contributed by atoms with E-state index < -0.39 is 35.8 Å². The van der Waals surface area contributed by atoms with Gasteiger partial charge in [0.05, 0.1) is 5.56 Å². The summed E-state index contributed by atoms with van der Waals surface area (Å²) in [5, 5.41) is 3.17. The molecule has 1 aromatic heterocycles. The third-order valence-corrected chi connectivity index (χ3v) is 3.85. The Labute approximate surface area is 153 Å². The highest BCUT2D eigenvalue weighted by molar-refractivity contribution is 5.90. The SMILES string of the molecule is CC(C)N(C)C[C@@H](C)OC(=O)c1ccc(-c2noc(C(F)(F)F)n2)cc1F. The van der Waals surface area contributed by atoms with E-state index in [1.54, 1.807) is 6.92 Å². The minimum absolute atomic E-state index is 0.0594. The number of aromatic nitrogens is 2. The van der Waals surface area contributed by atoms with Gasteiger partial charge in [0.2, 0.25) is 5.82 Å². The van der Waals surface area contributed by atoms with Crippen LogP contribution in [0.5, 0.6) is 0 Å².